The molecule has 0 aromatic rings. The third-order valence-corrected chi connectivity index (χ3v) is 8.51. The first kappa shape index (κ1) is 35.2. The normalized spacial score (nSPS) is 42.3. The molecular formula is C31H51NO9. The highest BCUT2D eigenvalue weighted by Crippen LogP contribution is 2.34. The van der Waals surface area contributed by atoms with Gasteiger partial charge in [0.1, 0.15) is 18.5 Å². The monoisotopic (exact) mass is 581 g/mol. The zero-order valence-electron chi connectivity index (χ0n) is 25.8. The Kier molecular flexibility index (Phi) is 13.8. The number of rotatable bonds is 6. The Morgan fingerprint density at radius 2 is 1.73 bits per heavy atom. The van der Waals surface area contributed by atoms with Crippen molar-refractivity contribution in [3.63, 3.8) is 0 Å². The Balaban J connectivity index is 2.50. The lowest BCUT2D eigenvalue weighted by Crippen LogP contribution is -2.63. The van der Waals surface area contributed by atoms with Crippen molar-refractivity contribution in [2.75, 3.05) is 14.1 Å². The molecular weight excluding hydrogens is 530 g/mol. The van der Waals surface area contributed by atoms with Crippen molar-refractivity contribution in [2.24, 2.45) is 23.7 Å². The molecule has 2 aliphatic rings. The minimum atomic E-state index is -1.24. The van der Waals surface area contributed by atoms with Crippen molar-refractivity contribution in [1.82, 2.24) is 4.90 Å². The largest absolute Gasteiger partial charge is 0.462 e. The molecule has 0 bridgehead atoms. The number of hydrogen-bond acceptors (Lipinski definition) is 10. The van der Waals surface area contributed by atoms with Gasteiger partial charge >= 0.3 is 5.97 Å². The molecule has 12 atom stereocenters. The summed E-state index contributed by atoms with van der Waals surface area (Å²) in [4.78, 5) is 39.5. The number of hydrogen-bond donors (Lipinski definition) is 3. The summed E-state index contributed by atoms with van der Waals surface area (Å²) in [5.74, 6) is -2.48. The molecule has 10 heteroatoms. The van der Waals surface area contributed by atoms with Gasteiger partial charge in [0.05, 0.1) is 36.9 Å². The highest BCUT2D eigenvalue weighted by molar-refractivity contribution is 5.91. The zero-order chi connectivity index (χ0) is 31.0. The Morgan fingerprint density at radius 3 is 2.32 bits per heavy atom. The Bertz CT molecular complexity index is 935. The van der Waals surface area contributed by atoms with Crippen LogP contribution in [0.25, 0.3) is 0 Å². The average Bonchev–Trinajstić information content (AvgIpc) is 2.90. The van der Waals surface area contributed by atoms with Crippen LogP contribution >= 0.6 is 0 Å². The van der Waals surface area contributed by atoms with E-state index in [1.807, 2.05) is 26.8 Å². The van der Waals surface area contributed by atoms with E-state index in [4.69, 9.17) is 14.2 Å². The molecule has 2 heterocycles. The number of ether oxygens (including phenoxy) is 3. The third kappa shape index (κ3) is 9.53. The summed E-state index contributed by atoms with van der Waals surface area (Å²) in [6.45, 7) is 10.9. The van der Waals surface area contributed by atoms with Gasteiger partial charge in [-0.1, -0.05) is 45.4 Å². The number of aliphatic hydroxyl groups excluding tert-OH is 3. The van der Waals surface area contributed by atoms with E-state index < -0.39 is 72.7 Å². The van der Waals surface area contributed by atoms with Crippen molar-refractivity contribution in [1.29, 1.82) is 0 Å². The van der Waals surface area contributed by atoms with Crippen LogP contribution < -0.4 is 0 Å². The van der Waals surface area contributed by atoms with Gasteiger partial charge in [-0.2, -0.15) is 0 Å². The van der Waals surface area contributed by atoms with Crippen LogP contribution in [0.5, 0.6) is 0 Å². The molecule has 41 heavy (non-hydrogen) atoms. The molecule has 1 saturated heterocycles. The molecule has 234 valence electrons. The summed E-state index contributed by atoms with van der Waals surface area (Å²) >= 11 is 0. The fourth-order valence-electron chi connectivity index (χ4n) is 5.92. The summed E-state index contributed by atoms with van der Waals surface area (Å²) in [5, 5.41) is 33.0. The molecule has 12 unspecified atom stereocenters. The number of likely N-dealkylation sites (N-methyl/N-ethyl adjacent to an activating group) is 1. The van der Waals surface area contributed by atoms with Crippen molar-refractivity contribution in [2.45, 2.75) is 116 Å². The summed E-state index contributed by atoms with van der Waals surface area (Å²) in [7, 11) is 3.46. The minimum Gasteiger partial charge on any atom is -0.462 e. The fourth-order valence-corrected chi connectivity index (χ4v) is 5.92. The van der Waals surface area contributed by atoms with E-state index in [1.54, 1.807) is 45.8 Å². The standard InChI is InChI=1S/C31H51NO9/c1-9-25-19(4)14-17(2)10-11-23(34)18(3)15-22(12-13-33)30(20(5)24(35)16-26(36)40-25)41-31-29(38)27(32(7)8)28(37)21(6)39-31/h10-11,13-14,18-22,24-25,27-31,35,37-38H,9,12,15-16H2,1-8H3/b11-10+,17-14+. The van der Waals surface area contributed by atoms with Crippen LogP contribution in [0.3, 0.4) is 0 Å². The number of carbonyl (C=O) groups excluding carboxylic acids is 3. The van der Waals surface area contributed by atoms with Gasteiger partial charge in [0.25, 0.3) is 0 Å². The number of carbonyl (C=O) groups is 3. The summed E-state index contributed by atoms with van der Waals surface area (Å²) < 4.78 is 18.0. The zero-order valence-corrected chi connectivity index (χ0v) is 25.8. The minimum absolute atomic E-state index is 0.0277. The van der Waals surface area contributed by atoms with E-state index in [2.05, 4.69) is 0 Å². The second-order valence-electron chi connectivity index (χ2n) is 12.1. The Hall–Kier alpha value is -1.95. The topological polar surface area (TPSA) is 143 Å². The SMILES string of the molecule is CCC1OC(=O)CC(O)C(C)C(OC2OC(C)C(O)C(N(C)C)C2O)C(CC=O)CC(C)C(=O)/C=C/C(C)=C/C1C. The predicted octanol–water partition coefficient (Wildman–Crippen LogP) is 2.43. The first-order chi connectivity index (χ1) is 19.2. The number of allylic oxidation sites excluding steroid dienone is 3. The lowest BCUT2D eigenvalue weighted by molar-refractivity contribution is -0.304. The van der Waals surface area contributed by atoms with Gasteiger partial charge in [-0.15, -0.1) is 0 Å². The van der Waals surface area contributed by atoms with Gasteiger partial charge in [-0.25, -0.2) is 0 Å². The van der Waals surface area contributed by atoms with Crippen LogP contribution in [0.15, 0.2) is 23.8 Å². The molecule has 3 N–H and O–H groups in total. The van der Waals surface area contributed by atoms with Crippen LogP contribution in [0, 0.1) is 23.7 Å². The van der Waals surface area contributed by atoms with Crippen LogP contribution in [-0.4, -0.2) is 101 Å². The van der Waals surface area contributed by atoms with Gasteiger partial charge in [-0.05, 0) is 52.8 Å². The molecule has 0 aromatic carbocycles. The first-order valence-corrected chi connectivity index (χ1v) is 14.8. The highest BCUT2D eigenvalue weighted by Gasteiger charge is 2.47. The summed E-state index contributed by atoms with van der Waals surface area (Å²) in [5.41, 5.74) is 0.856. The number of nitrogens with zero attached hydrogens (tertiary/aromatic N) is 1. The number of cyclic esters (lactones) is 1. The molecule has 1 fully saturated rings. The lowest BCUT2D eigenvalue weighted by Gasteiger charge is -2.46. The molecule has 0 amide bonds. The van der Waals surface area contributed by atoms with Crippen LogP contribution in [0.1, 0.15) is 67.2 Å². The molecule has 2 rings (SSSR count). The van der Waals surface area contributed by atoms with Gasteiger partial charge < -0.3 is 39.2 Å². The lowest BCUT2D eigenvalue weighted by atomic mass is 9.79. The van der Waals surface area contributed by atoms with Crippen molar-refractivity contribution in [3.05, 3.63) is 23.8 Å². The number of ketones is 1. The number of esters is 1. The van der Waals surface area contributed by atoms with Gasteiger partial charge in [0.15, 0.2) is 12.1 Å². The summed E-state index contributed by atoms with van der Waals surface area (Å²) in [6.07, 6.45) is -0.0195. The molecule has 2 aliphatic heterocycles. The second-order valence-corrected chi connectivity index (χ2v) is 12.1. The van der Waals surface area contributed by atoms with Crippen LogP contribution in [-0.2, 0) is 28.6 Å². The van der Waals surface area contributed by atoms with E-state index >= 15 is 0 Å². The maximum atomic E-state index is 13.1. The molecule has 0 saturated carbocycles. The van der Waals surface area contributed by atoms with Gasteiger partial charge in [0.2, 0.25) is 0 Å². The van der Waals surface area contributed by atoms with Crippen LogP contribution in [0.4, 0.5) is 0 Å². The van der Waals surface area contributed by atoms with Gasteiger partial charge in [-0.3, -0.25) is 9.59 Å². The van der Waals surface area contributed by atoms with Crippen LogP contribution in [0.2, 0.25) is 0 Å². The van der Waals surface area contributed by atoms with E-state index in [9.17, 15) is 29.7 Å². The third-order valence-electron chi connectivity index (χ3n) is 8.51. The maximum absolute atomic E-state index is 13.1. The van der Waals surface area contributed by atoms with E-state index in [0.717, 1.165) is 11.9 Å². The quantitative estimate of drug-likeness (QED) is 0.316. The van der Waals surface area contributed by atoms with Crippen molar-refractivity contribution in [3.8, 4) is 0 Å². The van der Waals surface area contributed by atoms with E-state index in [1.165, 1.54) is 6.08 Å². The molecule has 10 nitrogen and oxygen atoms in total. The smallest absolute Gasteiger partial charge is 0.308 e. The number of aldehydes is 1. The van der Waals surface area contributed by atoms with E-state index in [-0.39, 0.29) is 31.0 Å². The molecule has 0 aromatic heterocycles. The van der Waals surface area contributed by atoms with Gasteiger partial charge in [0, 0.05) is 24.2 Å². The Morgan fingerprint density at radius 1 is 1.07 bits per heavy atom. The van der Waals surface area contributed by atoms with E-state index in [0.29, 0.717) is 6.42 Å². The highest BCUT2D eigenvalue weighted by atomic mass is 16.7. The number of aliphatic hydroxyl groups is 3. The fraction of sp³-hybridized carbons (Fsp3) is 0.774. The van der Waals surface area contributed by atoms with Crippen molar-refractivity contribution < 1.29 is 43.9 Å². The Labute approximate surface area is 244 Å². The molecule has 0 spiro atoms. The molecule has 0 radical (unpaired) electrons. The first-order valence-electron chi connectivity index (χ1n) is 14.8. The summed E-state index contributed by atoms with van der Waals surface area (Å²) in [6, 6.07) is -0.690. The molecule has 0 aliphatic carbocycles. The average molecular weight is 582 g/mol. The second kappa shape index (κ2) is 16.0. The maximum Gasteiger partial charge on any atom is 0.308 e. The van der Waals surface area contributed by atoms with Crippen molar-refractivity contribution >= 4 is 18.0 Å². The predicted molar refractivity (Wildman–Crippen MR) is 154 cm³/mol.